The molecule has 0 saturated heterocycles. The summed E-state index contributed by atoms with van der Waals surface area (Å²) in [5, 5.41) is 6.02. The van der Waals surface area contributed by atoms with Crippen molar-refractivity contribution >= 4 is 16.9 Å². The molecule has 0 unspecified atom stereocenters. The maximum Gasteiger partial charge on any atom is 0.251 e. The summed E-state index contributed by atoms with van der Waals surface area (Å²) < 4.78 is 13.6. The molecule has 0 fully saturated rings. The van der Waals surface area contributed by atoms with Gasteiger partial charge in [0.25, 0.3) is 5.91 Å². The molecule has 8 heteroatoms. The van der Waals surface area contributed by atoms with Crippen LogP contribution in [0.5, 0.6) is 0 Å². The third-order valence-corrected chi connectivity index (χ3v) is 4.62. The first-order valence-corrected chi connectivity index (χ1v) is 9.66. The van der Waals surface area contributed by atoms with Crippen LogP contribution in [0.25, 0.3) is 11.0 Å². The van der Waals surface area contributed by atoms with Crippen LogP contribution < -0.4 is 10.6 Å². The van der Waals surface area contributed by atoms with Crippen molar-refractivity contribution in [3.8, 4) is 0 Å². The summed E-state index contributed by atoms with van der Waals surface area (Å²) in [4.78, 5) is 28.4. The fourth-order valence-electron chi connectivity index (χ4n) is 3.08. The van der Waals surface area contributed by atoms with Crippen molar-refractivity contribution in [1.82, 2.24) is 30.6 Å². The highest BCUT2D eigenvalue weighted by molar-refractivity contribution is 5.94. The number of rotatable bonds is 8. The van der Waals surface area contributed by atoms with Crippen molar-refractivity contribution in [3.05, 3.63) is 89.5 Å². The largest absolute Gasteiger partial charge is 0.346 e. The van der Waals surface area contributed by atoms with Crippen molar-refractivity contribution in [2.24, 2.45) is 0 Å². The number of aromatic amines is 1. The standard InChI is InChI=1S/C22H21FN6O/c23-17-4-3-9-26-20(17)13-27-22(30)15-7-11-25-16(12-15)8-10-24-14-21-28-18-5-1-2-6-19(18)29-21/h1-7,9,11-12,24H,8,10,13-14H2,(H,27,30)(H,28,29). The summed E-state index contributed by atoms with van der Waals surface area (Å²) >= 11 is 0. The van der Waals surface area contributed by atoms with Gasteiger partial charge in [0.05, 0.1) is 29.8 Å². The molecule has 0 bridgehead atoms. The van der Waals surface area contributed by atoms with Crippen LogP contribution in [0, 0.1) is 5.82 Å². The third-order valence-electron chi connectivity index (χ3n) is 4.62. The van der Waals surface area contributed by atoms with E-state index in [1.807, 2.05) is 24.3 Å². The van der Waals surface area contributed by atoms with E-state index in [0.29, 0.717) is 25.1 Å². The number of benzene rings is 1. The van der Waals surface area contributed by atoms with E-state index >= 15 is 0 Å². The lowest BCUT2D eigenvalue weighted by Gasteiger charge is -2.07. The molecule has 4 rings (SSSR count). The van der Waals surface area contributed by atoms with Crippen LogP contribution in [-0.2, 0) is 19.5 Å². The summed E-state index contributed by atoms with van der Waals surface area (Å²) in [6.07, 6.45) is 3.76. The van der Waals surface area contributed by atoms with Gasteiger partial charge < -0.3 is 15.6 Å². The Morgan fingerprint density at radius 2 is 1.93 bits per heavy atom. The second kappa shape index (κ2) is 9.23. The van der Waals surface area contributed by atoms with Crippen LogP contribution in [0.4, 0.5) is 4.39 Å². The zero-order valence-corrected chi connectivity index (χ0v) is 16.2. The number of carbonyl (C=O) groups is 1. The fraction of sp³-hybridized carbons (Fsp3) is 0.182. The van der Waals surface area contributed by atoms with E-state index in [-0.39, 0.29) is 18.1 Å². The number of halogens is 1. The Hall–Kier alpha value is -3.65. The van der Waals surface area contributed by atoms with Gasteiger partial charge in [-0.3, -0.25) is 14.8 Å². The second-order valence-corrected chi connectivity index (χ2v) is 6.78. The van der Waals surface area contributed by atoms with Crippen molar-refractivity contribution in [3.63, 3.8) is 0 Å². The highest BCUT2D eigenvalue weighted by atomic mass is 19.1. The first-order chi connectivity index (χ1) is 14.7. The fourth-order valence-corrected chi connectivity index (χ4v) is 3.08. The molecule has 3 heterocycles. The van der Waals surface area contributed by atoms with E-state index in [9.17, 15) is 9.18 Å². The highest BCUT2D eigenvalue weighted by Crippen LogP contribution is 2.10. The Balaban J connectivity index is 1.27. The Labute approximate surface area is 172 Å². The van der Waals surface area contributed by atoms with Gasteiger partial charge in [0.15, 0.2) is 0 Å². The summed E-state index contributed by atoms with van der Waals surface area (Å²) in [6.45, 7) is 1.33. The first-order valence-electron chi connectivity index (χ1n) is 9.66. The molecule has 1 amide bonds. The van der Waals surface area contributed by atoms with Crippen LogP contribution in [-0.4, -0.2) is 32.4 Å². The number of nitrogens with zero attached hydrogens (tertiary/aromatic N) is 3. The molecule has 1 aromatic carbocycles. The number of hydrogen-bond acceptors (Lipinski definition) is 5. The molecule has 0 radical (unpaired) electrons. The van der Waals surface area contributed by atoms with E-state index < -0.39 is 5.82 Å². The number of fused-ring (bicyclic) bond motifs is 1. The molecule has 3 aromatic heterocycles. The quantitative estimate of drug-likeness (QED) is 0.393. The van der Waals surface area contributed by atoms with E-state index in [1.54, 1.807) is 18.3 Å². The molecule has 0 spiro atoms. The predicted molar refractivity (Wildman–Crippen MR) is 111 cm³/mol. The Morgan fingerprint density at radius 1 is 1.03 bits per heavy atom. The SMILES string of the molecule is O=C(NCc1ncccc1F)c1ccnc(CCNCc2nc3ccccc3[nH]2)c1. The average Bonchev–Trinajstić information content (AvgIpc) is 3.19. The number of amides is 1. The van der Waals surface area contributed by atoms with E-state index in [2.05, 4.69) is 30.6 Å². The smallest absolute Gasteiger partial charge is 0.251 e. The van der Waals surface area contributed by atoms with Gasteiger partial charge in [0, 0.05) is 36.6 Å². The lowest BCUT2D eigenvalue weighted by Crippen LogP contribution is -2.24. The van der Waals surface area contributed by atoms with Gasteiger partial charge in [-0.05, 0) is 36.4 Å². The first kappa shape index (κ1) is 19.7. The number of hydrogen-bond donors (Lipinski definition) is 3. The summed E-state index contributed by atoms with van der Waals surface area (Å²) in [5.41, 5.74) is 3.44. The van der Waals surface area contributed by atoms with Crippen LogP contribution in [0.1, 0.15) is 27.6 Å². The number of H-pyrrole nitrogens is 1. The summed E-state index contributed by atoms with van der Waals surface area (Å²) in [5.74, 6) is 0.140. The molecule has 0 aliphatic heterocycles. The zero-order chi connectivity index (χ0) is 20.8. The molecule has 4 aromatic rings. The number of para-hydroxylation sites is 2. The van der Waals surface area contributed by atoms with E-state index in [0.717, 1.165) is 22.6 Å². The molecule has 0 aliphatic rings. The van der Waals surface area contributed by atoms with Crippen LogP contribution in [0.15, 0.2) is 60.9 Å². The van der Waals surface area contributed by atoms with Crippen molar-refractivity contribution in [2.75, 3.05) is 6.54 Å². The highest BCUT2D eigenvalue weighted by Gasteiger charge is 2.09. The van der Waals surface area contributed by atoms with Gasteiger partial charge in [0.1, 0.15) is 11.6 Å². The normalized spacial score (nSPS) is 11.0. The lowest BCUT2D eigenvalue weighted by molar-refractivity contribution is 0.0950. The maximum atomic E-state index is 13.6. The summed E-state index contributed by atoms with van der Waals surface area (Å²) in [6, 6.07) is 14.1. The number of imidazole rings is 1. The van der Waals surface area contributed by atoms with Crippen molar-refractivity contribution in [2.45, 2.75) is 19.5 Å². The zero-order valence-electron chi connectivity index (χ0n) is 16.2. The number of carbonyl (C=O) groups excluding carboxylic acids is 1. The monoisotopic (exact) mass is 404 g/mol. The predicted octanol–water partition coefficient (Wildman–Crippen LogP) is 2.75. The van der Waals surface area contributed by atoms with Gasteiger partial charge in [-0.1, -0.05) is 12.1 Å². The van der Waals surface area contributed by atoms with Gasteiger partial charge in [0.2, 0.25) is 0 Å². The number of aromatic nitrogens is 4. The Morgan fingerprint density at radius 3 is 2.80 bits per heavy atom. The molecule has 0 aliphatic carbocycles. The third kappa shape index (κ3) is 4.84. The average molecular weight is 404 g/mol. The lowest BCUT2D eigenvalue weighted by atomic mass is 10.2. The Kier molecular flexibility index (Phi) is 6.05. The van der Waals surface area contributed by atoms with Gasteiger partial charge in [-0.15, -0.1) is 0 Å². The Bertz CT molecular complexity index is 1130. The molecule has 0 saturated carbocycles. The minimum atomic E-state index is -0.441. The molecular weight excluding hydrogens is 383 g/mol. The van der Waals surface area contributed by atoms with Gasteiger partial charge >= 0.3 is 0 Å². The molecule has 3 N–H and O–H groups in total. The number of nitrogens with one attached hydrogen (secondary N) is 3. The molecule has 0 atom stereocenters. The van der Waals surface area contributed by atoms with Crippen molar-refractivity contribution < 1.29 is 9.18 Å². The molecular formula is C22H21FN6O. The van der Waals surface area contributed by atoms with Crippen LogP contribution >= 0.6 is 0 Å². The van der Waals surface area contributed by atoms with Crippen LogP contribution in [0.2, 0.25) is 0 Å². The maximum absolute atomic E-state index is 13.6. The van der Waals surface area contributed by atoms with Gasteiger partial charge in [-0.2, -0.15) is 0 Å². The second-order valence-electron chi connectivity index (χ2n) is 6.78. The topological polar surface area (TPSA) is 95.6 Å². The van der Waals surface area contributed by atoms with Gasteiger partial charge in [-0.25, -0.2) is 9.37 Å². The van der Waals surface area contributed by atoms with E-state index in [1.165, 1.54) is 18.3 Å². The minimum Gasteiger partial charge on any atom is -0.346 e. The molecule has 30 heavy (non-hydrogen) atoms. The molecule has 7 nitrogen and oxygen atoms in total. The summed E-state index contributed by atoms with van der Waals surface area (Å²) in [7, 11) is 0. The van der Waals surface area contributed by atoms with Crippen molar-refractivity contribution in [1.29, 1.82) is 0 Å². The molecule has 152 valence electrons. The van der Waals surface area contributed by atoms with E-state index in [4.69, 9.17) is 0 Å². The van der Waals surface area contributed by atoms with Crippen LogP contribution in [0.3, 0.4) is 0 Å². The number of pyridine rings is 2. The minimum absolute atomic E-state index is 0.0300.